The maximum Gasteiger partial charge on any atom is 0.161 e. The second-order valence-electron chi connectivity index (χ2n) is 6.25. The van der Waals surface area contributed by atoms with Crippen molar-refractivity contribution < 1.29 is 4.39 Å². The van der Waals surface area contributed by atoms with E-state index in [1.807, 2.05) is 13.0 Å². The Morgan fingerprint density at radius 3 is 2.75 bits per heavy atom. The lowest BCUT2D eigenvalue weighted by molar-refractivity contribution is 0.273. The quantitative estimate of drug-likeness (QED) is 0.818. The van der Waals surface area contributed by atoms with Crippen molar-refractivity contribution in [2.45, 2.75) is 45.1 Å². The van der Waals surface area contributed by atoms with Gasteiger partial charge >= 0.3 is 0 Å². The van der Waals surface area contributed by atoms with Gasteiger partial charge in [0.05, 0.1) is 5.54 Å². The van der Waals surface area contributed by atoms with Gasteiger partial charge in [0, 0.05) is 11.4 Å². The zero-order chi connectivity index (χ0) is 14.2. The largest absolute Gasteiger partial charge is 0.335 e. The molecule has 3 rings (SSSR count). The van der Waals surface area contributed by atoms with Crippen molar-refractivity contribution >= 4 is 22.6 Å². The van der Waals surface area contributed by atoms with E-state index >= 15 is 0 Å². The second kappa shape index (κ2) is 5.40. The van der Waals surface area contributed by atoms with E-state index in [9.17, 15) is 4.39 Å². The van der Waals surface area contributed by atoms with Crippen molar-refractivity contribution in [1.29, 1.82) is 0 Å². The molecule has 0 radical (unpaired) electrons. The van der Waals surface area contributed by atoms with Crippen LogP contribution < -0.4 is 5.32 Å². The molecule has 0 aromatic heterocycles. The lowest BCUT2D eigenvalue weighted by atomic mass is 9.79. The smallest absolute Gasteiger partial charge is 0.161 e. The Hall–Kier alpha value is -1.03. The van der Waals surface area contributed by atoms with Gasteiger partial charge in [0.2, 0.25) is 0 Å². The van der Waals surface area contributed by atoms with Crippen LogP contribution >= 0.6 is 11.8 Å². The molecule has 0 saturated heterocycles. The molecule has 0 unspecified atom stereocenters. The van der Waals surface area contributed by atoms with Gasteiger partial charge in [-0.15, -0.1) is 0 Å². The summed E-state index contributed by atoms with van der Waals surface area (Å²) in [7, 11) is 0. The molecular formula is C16H21FN2S. The van der Waals surface area contributed by atoms with Gasteiger partial charge in [-0.2, -0.15) is 0 Å². The SMILES string of the molecule is Cc1cc(F)cc(NC2=NC3(CCC(C)CC3)CS2)c1. The van der Waals surface area contributed by atoms with Gasteiger partial charge in [0.15, 0.2) is 5.17 Å². The van der Waals surface area contributed by atoms with Crippen molar-refractivity contribution in [1.82, 2.24) is 0 Å². The summed E-state index contributed by atoms with van der Waals surface area (Å²) < 4.78 is 13.4. The highest BCUT2D eigenvalue weighted by molar-refractivity contribution is 8.14. The highest BCUT2D eigenvalue weighted by Crippen LogP contribution is 2.41. The molecule has 0 atom stereocenters. The van der Waals surface area contributed by atoms with Crippen LogP contribution in [0.3, 0.4) is 0 Å². The van der Waals surface area contributed by atoms with E-state index < -0.39 is 0 Å². The fraction of sp³-hybridized carbons (Fsp3) is 0.562. The van der Waals surface area contributed by atoms with Gasteiger partial charge in [-0.3, -0.25) is 4.99 Å². The van der Waals surface area contributed by atoms with E-state index in [1.54, 1.807) is 17.8 Å². The average molecular weight is 292 g/mol. The van der Waals surface area contributed by atoms with E-state index in [2.05, 4.69) is 12.2 Å². The van der Waals surface area contributed by atoms with Crippen LogP contribution in [0.1, 0.15) is 38.2 Å². The Morgan fingerprint density at radius 1 is 1.30 bits per heavy atom. The number of aryl methyl sites for hydroxylation is 1. The Labute approximate surface area is 124 Å². The summed E-state index contributed by atoms with van der Waals surface area (Å²) >= 11 is 1.77. The van der Waals surface area contributed by atoms with Crippen molar-refractivity contribution in [2.24, 2.45) is 10.9 Å². The number of hydrogen-bond acceptors (Lipinski definition) is 3. The number of anilines is 1. The summed E-state index contributed by atoms with van der Waals surface area (Å²) in [5.74, 6) is 1.71. The zero-order valence-electron chi connectivity index (χ0n) is 12.1. The van der Waals surface area contributed by atoms with Gasteiger partial charge in [-0.05, 0) is 62.3 Å². The molecule has 1 aliphatic carbocycles. The van der Waals surface area contributed by atoms with Crippen LogP contribution in [0.15, 0.2) is 23.2 Å². The summed E-state index contributed by atoms with van der Waals surface area (Å²) in [5.41, 5.74) is 1.87. The minimum absolute atomic E-state index is 0.141. The van der Waals surface area contributed by atoms with Crippen LogP contribution in [0.5, 0.6) is 0 Å². The summed E-state index contributed by atoms with van der Waals surface area (Å²) in [5, 5.41) is 4.23. The fourth-order valence-electron chi connectivity index (χ4n) is 3.03. The normalized spacial score (nSPS) is 29.6. The van der Waals surface area contributed by atoms with Crippen molar-refractivity contribution in [2.75, 3.05) is 11.1 Å². The number of benzene rings is 1. The van der Waals surface area contributed by atoms with E-state index in [4.69, 9.17) is 4.99 Å². The van der Waals surface area contributed by atoms with Gasteiger partial charge in [-0.1, -0.05) is 18.7 Å². The molecule has 1 fully saturated rings. The summed E-state index contributed by atoms with van der Waals surface area (Å²) in [4.78, 5) is 4.91. The first kappa shape index (κ1) is 13.9. The first-order valence-corrected chi connectivity index (χ1v) is 8.30. The standard InChI is InChI=1S/C16H21FN2S/c1-11-3-5-16(6-4-11)10-20-15(19-16)18-14-8-12(2)7-13(17)9-14/h7-9,11H,3-6,10H2,1-2H3,(H,18,19). The van der Waals surface area contributed by atoms with Crippen LogP contribution in [-0.2, 0) is 0 Å². The third kappa shape index (κ3) is 3.00. The number of halogens is 1. The molecule has 0 amide bonds. The van der Waals surface area contributed by atoms with Crippen LogP contribution in [0.2, 0.25) is 0 Å². The van der Waals surface area contributed by atoms with Gasteiger partial charge in [-0.25, -0.2) is 4.39 Å². The van der Waals surface area contributed by atoms with Gasteiger partial charge in [0.25, 0.3) is 0 Å². The molecule has 1 N–H and O–H groups in total. The maximum atomic E-state index is 13.4. The number of amidine groups is 1. The summed E-state index contributed by atoms with van der Waals surface area (Å²) in [6.45, 7) is 4.23. The van der Waals surface area contributed by atoms with E-state index in [1.165, 1.54) is 31.7 Å². The highest BCUT2D eigenvalue weighted by atomic mass is 32.2. The fourth-order valence-corrected chi connectivity index (χ4v) is 4.24. The van der Waals surface area contributed by atoms with Crippen molar-refractivity contribution in [3.05, 3.63) is 29.6 Å². The topological polar surface area (TPSA) is 24.4 Å². The Bertz CT molecular complexity index is 513. The summed E-state index contributed by atoms with van der Waals surface area (Å²) in [6, 6.07) is 5.03. The van der Waals surface area contributed by atoms with Crippen LogP contribution in [0, 0.1) is 18.7 Å². The number of nitrogens with one attached hydrogen (secondary N) is 1. The van der Waals surface area contributed by atoms with Crippen molar-refractivity contribution in [3.8, 4) is 0 Å². The number of hydrogen-bond donors (Lipinski definition) is 1. The Morgan fingerprint density at radius 2 is 2.05 bits per heavy atom. The highest BCUT2D eigenvalue weighted by Gasteiger charge is 2.38. The molecule has 2 aliphatic rings. The molecule has 1 spiro atoms. The van der Waals surface area contributed by atoms with Crippen molar-refractivity contribution in [3.63, 3.8) is 0 Å². The van der Waals surface area contributed by atoms with Crippen LogP contribution in [0.4, 0.5) is 10.1 Å². The molecule has 1 aromatic carbocycles. The minimum Gasteiger partial charge on any atom is -0.335 e. The molecule has 1 saturated carbocycles. The molecule has 1 aliphatic heterocycles. The first-order chi connectivity index (χ1) is 9.55. The molecule has 1 heterocycles. The van der Waals surface area contributed by atoms with Crippen LogP contribution in [-0.4, -0.2) is 16.5 Å². The van der Waals surface area contributed by atoms with Gasteiger partial charge < -0.3 is 5.32 Å². The second-order valence-corrected chi connectivity index (χ2v) is 7.22. The molecule has 2 nitrogen and oxygen atoms in total. The molecule has 0 bridgehead atoms. The lowest BCUT2D eigenvalue weighted by Gasteiger charge is -2.32. The van der Waals surface area contributed by atoms with E-state index in [0.29, 0.717) is 0 Å². The third-order valence-electron chi connectivity index (χ3n) is 4.31. The molecule has 108 valence electrons. The number of aliphatic imine (C=N–C) groups is 1. The number of rotatable bonds is 1. The Balaban J connectivity index is 1.72. The average Bonchev–Trinajstić information content (AvgIpc) is 2.75. The van der Waals surface area contributed by atoms with Gasteiger partial charge in [0.1, 0.15) is 5.82 Å². The zero-order valence-corrected chi connectivity index (χ0v) is 12.9. The van der Waals surface area contributed by atoms with Crippen LogP contribution in [0.25, 0.3) is 0 Å². The predicted molar refractivity (Wildman–Crippen MR) is 85.0 cm³/mol. The predicted octanol–water partition coefficient (Wildman–Crippen LogP) is 4.60. The molecule has 4 heteroatoms. The molecule has 1 aromatic rings. The Kier molecular flexibility index (Phi) is 3.76. The molecular weight excluding hydrogens is 271 g/mol. The summed E-state index contributed by atoms with van der Waals surface area (Å²) in [6.07, 6.45) is 4.93. The number of thioether (sulfide) groups is 1. The number of nitrogens with zero attached hydrogens (tertiary/aromatic N) is 1. The molecule has 20 heavy (non-hydrogen) atoms. The van der Waals surface area contributed by atoms with E-state index in [0.717, 1.165) is 28.1 Å². The monoisotopic (exact) mass is 292 g/mol. The lowest BCUT2D eigenvalue weighted by Crippen LogP contribution is -2.32. The first-order valence-electron chi connectivity index (χ1n) is 7.32. The maximum absolute atomic E-state index is 13.4. The third-order valence-corrected chi connectivity index (χ3v) is 5.46. The minimum atomic E-state index is -0.197. The van der Waals surface area contributed by atoms with E-state index in [-0.39, 0.29) is 11.4 Å².